The largest absolute Gasteiger partial charge is 0.373 e. The van der Waals surface area contributed by atoms with Crippen molar-refractivity contribution >= 4 is 10.0 Å². The molecule has 122 valence electrons. The highest BCUT2D eigenvalue weighted by atomic mass is 32.2. The molecule has 0 aliphatic carbocycles. The lowest BCUT2D eigenvalue weighted by molar-refractivity contribution is 0.0796. The number of nitrogens with zero attached hydrogens (tertiary/aromatic N) is 4. The van der Waals surface area contributed by atoms with Gasteiger partial charge in [-0.1, -0.05) is 6.08 Å². The second kappa shape index (κ2) is 6.11. The molecule has 0 unspecified atom stereocenters. The summed E-state index contributed by atoms with van der Waals surface area (Å²) in [4.78, 5) is 6.31. The molecule has 2 aliphatic rings. The zero-order chi connectivity index (χ0) is 15.7. The Morgan fingerprint density at radius 1 is 1.45 bits per heavy atom. The molecule has 3 heterocycles. The van der Waals surface area contributed by atoms with E-state index in [1.54, 1.807) is 28.2 Å². The summed E-state index contributed by atoms with van der Waals surface area (Å²) in [6.07, 6.45) is 5.84. The summed E-state index contributed by atoms with van der Waals surface area (Å²) in [7, 11) is -1.73. The molecule has 8 heteroatoms. The van der Waals surface area contributed by atoms with Crippen LogP contribution in [0.1, 0.15) is 6.42 Å². The summed E-state index contributed by atoms with van der Waals surface area (Å²) >= 11 is 0. The van der Waals surface area contributed by atoms with Crippen molar-refractivity contribution in [3.05, 3.63) is 25.2 Å². The second-order valence-corrected chi connectivity index (χ2v) is 7.75. The smallest absolute Gasteiger partial charge is 0.262 e. The molecule has 7 nitrogen and oxygen atoms in total. The Balaban J connectivity index is 1.68. The number of imidazole rings is 1. The minimum atomic E-state index is -3.50. The van der Waals surface area contributed by atoms with E-state index in [9.17, 15) is 8.42 Å². The van der Waals surface area contributed by atoms with Crippen molar-refractivity contribution in [2.75, 3.05) is 32.8 Å². The van der Waals surface area contributed by atoms with Crippen molar-refractivity contribution < 1.29 is 13.2 Å². The Morgan fingerprint density at radius 3 is 2.95 bits per heavy atom. The van der Waals surface area contributed by atoms with Gasteiger partial charge in [-0.2, -0.15) is 4.31 Å². The lowest BCUT2D eigenvalue weighted by Crippen LogP contribution is -2.51. The summed E-state index contributed by atoms with van der Waals surface area (Å²) in [5, 5.41) is 0.126. The Bertz CT molecular complexity index is 642. The number of hydrogen-bond donors (Lipinski definition) is 0. The maximum absolute atomic E-state index is 12.6. The van der Waals surface area contributed by atoms with Crippen LogP contribution >= 0.6 is 0 Å². The minimum Gasteiger partial charge on any atom is -0.373 e. The van der Waals surface area contributed by atoms with E-state index in [-0.39, 0.29) is 17.2 Å². The summed E-state index contributed by atoms with van der Waals surface area (Å²) in [6.45, 7) is 6.82. The number of ether oxygens (including phenoxy) is 1. The highest BCUT2D eigenvalue weighted by Crippen LogP contribution is 2.26. The van der Waals surface area contributed by atoms with Gasteiger partial charge in [0.25, 0.3) is 10.0 Å². The van der Waals surface area contributed by atoms with Crippen LogP contribution in [0.5, 0.6) is 0 Å². The van der Waals surface area contributed by atoms with Gasteiger partial charge in [-0.15, -0.1) is 6.58 Å². The van der Waals surface area contributed by atoms with E-state index < -0.39 is 10.0 Å². The standard InChI is InChI=1S/C14H22N4O3S/c1-3-6-21-13-7-12-8-18(5-4-17(12)9-13)22(19,20)14-10-16(2)11-15-14/h3,10-13H,1,4-9H2,2H3/t12-,13+/m0/s1. The molecule has 0 bridgehead atoms. The van der Waals surface area contributed by atoms with Crippen molar-refractivity contribution in [3.8, 4) is 0 Å². The topological polar surface area (TPSA) is 67.7 Å². The van der Waals surface area contributed by atoms with Gasteiger partial charge in [0.05, 0.1) is 19.0 Å². The number of piperazine rings is 1. The van der Waals surface area contributed by atoms with Gasteiger partial charge in [-0.25, -0.2) is 13.4 Å². The van der Waals surface area contributed by atoms with Crippen LogP contribution in [0, 0.1) is 0 Å². The average Bonchev–Trinajstić information content (AvgIpc) is 3.10. The first-order valence-corrected chi connectivity index (χ1v) is 8.89. The van der Waals surface area contributed by atoms with Gasteiger partial charge in [-0.3, -0.25) is 4.90 Å². The van der Waals surface area contributed by atoms with Gasteiger partial charge in [0.1, 0.15) is 0 Å². The zero-order valence-corrected chi connectivity index (χ0v) is 13.6. The summed E-state index contributed by atoms with van der Waals surface area (Å²) < 4.78 is 34.2. The maximum Gasteiger partial charge on any atom is 0.262 e. The fourth-order valence-electron chi connectivity index (χ4n) is 3.17. The predicted molar refractivity (Wildman–Crippen MR) is 81.9 cm³/mol. The molecule has 1 aromatic heterocycles. The summed E-state index contributed by atoms with van der Waals surface area (Å²) in [5.41, 5.74) is 0. The molecule has 2 atom stereocenters. The van der Waals surface area contributed by atoms with Crippen LogP contribution in [0.3, 0.4) is 0 Å². The van der Waals surface area contributed by atoms with E-state index >= 15 is 0 Å². The van der Waals surface area contributed by atoms with Gasteiger partial charge in [0.15, 0.2) is 5.03 Å². The molecule has 1 aromatic rings. The lowest BCUT2D eigenvalue weighted by atomic mass is 10.2. The molecule has 0 radical (unpaired) electrons. The first-order valence-electron chi connectivity index (χ1n) is 7.45. The monoisotopic (exact) mass is 326 g/mol. The highest BCUT2D eigenvalue weighted by molar-refractivity contribution is 7.89. The fraction of sp³-hybridized carbons (Fsp3) is 0.643. The van der Waals surface area contributed by atoms with Crippen molar-refractivity contribution in [2.45, 2.75) is 23.6 Å². The van der Waals surface area contributed by atoms with E-state index in [1.807, 2.05) is 0 Å². The minimum absolute atomic E-state index is 0.126. The molecule has 22 heavy (non-hydrogen) atoms. The zero-order valence-electron chi connectivity index (χ0n) is 12.8. The van der Waals surface area contributed by atoms with Crippen molar-refractivity contribution in [1.29, 1.82) is 0 Å². The number of fused-ring (bicyclic) bond motifs is 1. The number of aromatic nitrogens is 2. The number of hydrogen-bond acceptors (Lipinski definition) is 5. The molecule has 0 saturated carbocycles. The third-order valence-electron chi connectivity index (χ3n) is 4.28. The SMILES string of the molecule is C=CCO[C@@H]1C[C@H]2CN(S(=O)(=O)c3cn(C)cn3)CCN2C1. The third kappa shape index (κ3) is 2.96. The van der Waals surface area contributed by atoms with Gasteiger partial charge in [0.2, 0.25) is 0 Å². The van der Waals surface area contributed by atoms with Crippen LogP contribution in [0.25, 0.3) is 0 Å². The number of aryl methyl sites for hydroxylation is 1. The number of sulfonamides is 1. The van der Waals surface area contributed by atoms with Gasteiger partial charge >= 0.3 is 0 Å². The lowest BCUT2D eigenvalue weighted by Gasteiger charge is -2.35. The number of rotatable bonds is 5. The first-order chi connectivity index (χ1) is 10.5. The van der Waals surface area contributed by atoms with Gasteiger partial charge in [0, 0.05) is 45.5 Å². The van der Waals surface area contributed by atoms with E-state index in [2.05, 4.69) is 16.5 Å². The van der Waals surface area contributed by atoms with Crippen LogP contribution in [-0.2, 0) is 21.8 Å². The molecule has 0 N–H and O–H groups in total. The van der Waals surface area contributed by atoms with Crippen LogP contribution in [-0.4, -0.2) is 72.1 Å². The van der Waals surface area contributed by atoms with Crippen molar-refractivity contribution in [3.63, 3.8) is 0 Å². The van der Waals surface area contributed by atoms with E-state index in [0.717, 1.165) is 19.5 Å². The Kier molecular flexibility index (Phi) is 4.35. The Morgan fingerprint density at radius 2 is 2.27 bits per heavy atom. The quantitative estimate of drug-likeness (QED) is 0.716. The molecule has 3 rings (SSSR count). The van der Waals surface area contributed by atoms with Crippen LogP contribution < -0.4 is 0 Å². The third-order valence-corrected chi connectivity index (χ3v) is 6.03. The molecular weight excluding hydrogens is 304 g/mol. The first kappa shape index (κ1) is 15.7. The molecule has 2 saturated heterocycles. The maximum atomic E-state index is 12.6. The van der Waals surface area contributed by atoms with E-state index in [0.29, 0.717) is 19.7 Å². The average molecular weight is 326 g/mol. The summed E-state index contributed by atoms with van der Waals surface area (Å²) in [5.74, 6) is 0. The van der Waals surface area contributed by atoms with Crippen molar-refractivity contribution in [1.82, 2.24) is 18.8 Å². The molecular formula is C14H22N4O3S. The predicted octanol–water partition coefficient (Wildman–Crippen LogP) is 0.0699. The Hall–Kier alpha value is -1.22. The molecule has 0 amide bonds. The second-order valence-electron chi connectivity index (χ2n) is 5.87. The molecule has 0 aromatic carbocycles. The van der Waals surface area contributed by atoms with E-state index in [1.165, 1.54) is 6.33 Å². The summed E-state index contributed by atoms with van der Waals surface area (Å²) in [6, 6.07) is 0.224. The Labute approximate surface area is 131 Å². The van der Waals surface area contributed by atoms with Crippen molar-refractivity contribution in [2.24, 2.45) is 7.05 Å². The highest BCUT2D eigenvalue weighted by Gasteiger charge is 2.40. The fourth-order valence-corrected chi connectivity index (χ4v) is 4.60. The van der Waals surface area contributed by atoms with Crippen LogP contribution in [0.4, 0.5) is 0 Å². The normalized spacial score (nSPS) is 27.0. The van der Waals surface area contributed by atoms with Crippen LogP contribution in [0.15, 0.2) is 30.2 Å². The molecule has 2 fully saturated rings. The molecule has 0 spiro atoms. The van der Waals surface area contributed by atoms with Crippen LogP contribution in [0.2, 0.25) is 0 Å². The van der Waals surface area contributed by atoms with Gasteiger partial charge in [-0.05, 0) is 6.42 Å². The van der Waals surface area contributed by atoms with E-state index in [4.69, 9.17) is 4.74 Å². The van der Waals surface area contributed by atoms with Gasteiger partial charge < -0.3 is 9.30 Å². The molecule has 2 aliphatic heterocycles.